The molecular formula is C25H19F3N2O3. The Labute approximate surface area is 186 Å². The fourth-order valence-electron chi connectivity index (χ4n) is 3.71. The number of nitrogens with zero attached hydrogens (tertiary/aromatic N) is 2. The second kappa shape index (κ2) is 8.54. The van der Waals surface area contributed by atoms with E-state index in [1.165, 1.54) is 16.7 Å². The zero-order valence-corrected chi connectivity index (χ0v) is 17.6. The van der Waals surface area contributed by atoms with Crippen LogP contribution in [0.2, 0.25) is 0 Å². The van der Waals surface area contributed by atoms with Crippen LogP contribution in [0.4, 0.5) is 13.2 Å². The Kier molecular flexibility index (Phi) is 5.76. The Bertz CT molecular complexity index is 1470. The number of rotatable bonds is 5. The van der Waals surface area contributed by atoms with Crippen LogP contribution in [0.15, 0.2) is 82.4 Å². The van der Waals surface area contributed by atoms with Gasteiger partial charge in [-0.05, 0) is 35.9 Å². The summed E-state index contributed by atoms with van der Waals surface area (Å²) in [6.07, 6.45) is -4.25. The molecule has 0 unspecified atom stereocenters. The molecular weight excluding hydrogens is 433 g/mol. The van der Waals surface area contributed by atoms with Gasteiger partial charge in [0.25, 0.3) is 5.56 Å². The summed E-state index contributed by atoms with van der Waals surface area (Å²) in [5, 5.41) is 0.201. The van der Waals surface area contributed by atoms with E-state index in [1.807, 2.05) is 0 Å². The lowest BCUT2D eigenvalue weighted by molar-refractivity contribution is -0.137. The molecule has 5 nitrogen and oxygen atoms in total. The molecule has 1 aromatic heterocycles. The molecule has 4 aromatic rings. The summed E-state index contributed by atoms with van der Waals surface area (Å²) >= 11 is 0. The Morgan fingerprint density at radius 2 is 1.61 bits per heavy atom. The smallest absolute Gasteiger partial charge is 0.294 e. The summed E-state index contributed by atoms with van der Waals surface area (Å²) in [7, 11) is 0. The fourth-order valence-corrected chi connectivity index (χ4v) is 3.71. The van der Waals surface area contributed by atoms with Crippen molar-refractivity contribution in [2.24, 2.45) is 0 Å². The number of halogens is 3. The van der Waals surface area contributed by atoms with E-state index in [0.717, 1.165) is 22.8 Å². The van der Waals surface area contributed by atoms with Gasteiger partial charge >= 0.3 is 11.9 Å². The molecule has 0 atom stereocenters. The van der Waals surface area contributed by atoms with Gasteiger partial charge in [-0.3, -0.25) is 14.2 Å². The molecule has 0 fully saturated rings. The van der Waals surface area contributed by atoms with Gasteiger partial charge in [0, 0.05) is 12.0 Å². The zero-order chi connectivity index (χ0) is 23.8. The van der Waals surface area contributed by atoms with Crippen molar-refractivity contribution in [3.05, 3.63) is 110 Å². The van der Waals surface area contributed by atoms with E-state index in [9.17, 15) is 27.6 Å². The maximum absolute atomic E-state index is 13.4. The molecule has 4 rings (SSSR count). The molecule has 0 aliphatic rings. The SMILES string of the molecule is CCC(=O)c1ccc(Cn2c(=O)n(-c3cccc(C(F)(F)F)c3)c(=O)c3ccccc32)cc1. The van der Waals surface area contributed by atoms with Gasteiger partial charge < -0.3 is 0 Å². The Balaban J connectivity index is 1.90. The number of ketones is 1. The van der Waals surface area contributed by atoms with Crippen molar-refractivity contribution in [1.82, 2.24) is 9.13 Å². The minimum Gasteiger partial charge on any atom is -0.294 e. The number of hydrogen-bond donors (Lipinski definition) is 0. The van der Waals surface area contributed by atoms with Gasteiger partial charge in [0.1, 0.15) is 0 Å². The van der Waals surface area contributed by atoms with Gasteiger partial charge in [-0.1, -0.05) is 49.4 Å². The van der Waals surface area contributed by atoms with Gasteiger partial charge in [0.05, 0.1) is 28.7 Å². The molecule has 0 saturated heterocycles. The predicted octanol–water partition coefficient (Wildman–Crippen LogP) is 4.81. The lowest BCUT2D eigenvalue weighted by atomic mass is 10.1. The number of Topliss-reactive ketones (excluding diaryl/α,β-unsaturated/α-hetero) is 1. The van der Waals surface area contributed by atoms with E-state index in [-0.39, 0.29) is 23.4 Å². The number of para-hydroxylation sites is 1. The highest BCUT2D eigenvalue weighted by atomic mass is 19.4. The summed E-state index contributed by atoms with van der Waals surface area (Å²) in [6, 6.07) is 17.3. The van der Waals surface area contributed by atoms with Crippen molar-refractivity contribution in [3.63, 3.8) is 0 Å². The minimum atomic E-state index is -4.62. The molecule has 0 aliphatic carbocycles. The second-order valence-electron chi connectivity index (χ2n) is 7.55. The summed E-state index contributed by atoms with van der Waals surface area (Å²) < 4.78 is 41.8. The van der Waals surface area contributed by atoms with Crippen LogP contribution in [0.5, 0.6) is 0 Å². The monoisotopic (exact) mass is 452 g/mol. The lowest BCUT2D eigenvalue weighted by Gasteiger charge is -2.15. The number of benzene rings is 3. The molecule has 168 valence electrons. The normalized spacial score (nSPS) is 11.6. The maximum atomic E-state index is 13.4. The van der Waals surface area contributed by atoms with Gasteiger partial charge in [-0.15, -0.1) is 0 Å². The summed E-state index contributed by atoms with van der Waals surface area (Å²) in [6.45, 7) is 1.83. The molecule has 1 heterocycles. The Hall–Kier alpha value is -3.94. The molecule has 0 N–H and O–H groups in total. The first-order valence-electron chi connectivity index (χ1n) is 10.2. The summed E-state index contributed by atoms with van der Waals surface area (Å²) in [5.41, 5.74) is -0.965. The molecule has 0 spiro atoms. The third kappa shape index (κ3) is 4.24. The Morgan fingerprint density at radius 1 is 0.909 bits per heavy atom. The highest BCUT2D eigenvalue weighted by Crippen LogP contribution is 2.30. The van der Waals surface area contributed by atoms with Crippen LogP contribution in [-0.4, -0.2) is 14.9 Å². The summed E-state index contributed by atoms with van der Waals surface area (Å²) in [4.78, 5) is 38.4. The van der Waals surface area contributed by atoms with Gasteiger partial charge in [-0.25, -0.2) is 9.36 Å². The number of fused-ring (bicyclic) bond motifs is 1. The third-order valence-corrected chi connectivity index (χ3v) is 5.42. The van der Waals surface area contributed by atoms with Crippen LogP contribution >= 0.6 is 0 Å². The molecule has 0 saturated carbocycles. The molecule has 0 bridgehead atoms. The van der Waals surface area contributed by atoms with Crippen LogP contribution in [-0.2, 0) is 12.7 Å². The number of carbonyl (C=O) groups is 1. The van der Waals surface area contributed by atoms with Crippen molar-refractivity contribution in [2.75, 3.05) is 0 Å². The van der Waals surface area contributed by atoms with Crippen molar-refractivity contribution < 1.29 is 18.0 Å². The molecule has 0 radical (unpaired) electrons. The van der Waals surface area contributed by atoms with E-state index < -0.39 is 23.0 Å². The first-order valence-corrected chi connectivity index (χ1v) is 10.2. The van der Waals surface area contributed by atoms with Gasteiger partial charge in [0.2, 0.25) is 0 Å². The van der Waals surface area contributed by atoms with Crippen LogP contribution in [0.25, 0.3) is 16.6 Å². The third-order valence-electron chi connectivity index (χ3n) is 5.42. The second-order valence-corrected chi connectivity index (χ2v) is 7.55. The van der Waals surface area contributed by atoms with Crippen molar-refractivity contribution in [3.8, 4) is 5.69 Å². The number of aromatic nitrogens is 2. The van der Waals surface area contributed by atoms with E-state index in [0.29, 0.717) is 23.1 Å². The van der Waals surface area contributed by atoms with Crippen molar-refractivity contribution in [2.45, 2.75) is 26.1 Å². The average Bonchev–Trinajstić information content (AvgIpc) is 2.81. The van der Waals surface area contributed by atoms with E-state index in [4.69, 9.17) is 0 Å². The zero-order valence-electron chi connectivity index (χ0n) is 17.6. The van der Waals surface area contributed by atoms with E-state index in [1.54, 1.807) is 49.4 Å². The molecule has 0 amide bonds. The Morgan fingerprint density at radius 3 is 2.27 bits per heavy atom. The molecule has 0 aliphatic heterocycles. The number of carbonyl (C=O) groups excluding carboxylic acids is 1. The molecule has 8 heteroatoms. The summed E-state index contributed by atoms with van der Waals surface area (Å²) in [5.74, 6) is -0.0118. The topological polar surface area (TPSA) is 61.1 Å². The highest BCUT2D eigenvalue weighted by Gasteiger charge is 2.31. The van der Waals surface area contributed by atoms with E-state index >= 15 is 0 Å². The number of hydrogen-bond acceptors (Lipinski definition) is 3. The van der Waals surface area contributed by atoms with Crippen LogP contribution in [0.1, 0.15) is 34.8 Å². The largest absolute Gasteiger partial charge is 0.416 e. The van der Waals surface area contributed by atoms with Crippen LogP contribution in [0, 0.1) is 0 Å². The van der Waals surface area contributed by atoms with Gasteiger partial charge in [0.15, 0.2) is 5.78 Å². The van der Waals surface area contributed by atoms with Crippen LogP contribution in [0.3, 0.4) is 0 Å². The lowest BCUT2D eigenvalue weighted by Crippen LogP contribution is -2.39. The van der Waals surface area contributed by atoms with Crippen molar-refractivity contribution >= 4 is 16.7 Å². The van der Waals surface area contributed by atoms with Crippen molar-refractivity contribution in [1.29, 1.82) is 0 Å². The van der Waals surface area contributed by atoms with Crippen LogP contribution < -0.4 is 11.2 Å². The van der Waals surface area contributed by atoms with Gasteiger partial charge in [-0.2, -0.15) is 13.2 Å². The first kappa shape index (κ1) is 22.3. The molecule has 3 aromatic carbocycles. The molecule has 33 heavy (non-hydrogen) atoms. The quantitative estimate of drug-likeness (QED) is 0.408. The average molecular weight is 452 g/mol. The van der Waals surface area contributed by atoms with E-state index in [2.05, 4.69) is 0 Å². The predicted molar refractivity (Wildman–Crippen MR) is 119 cm³/mol. The number of alkyl halides is 3. The highest BCUT2D eigenvalue weighted by molar-refractivity contribution is 5.95. The fraction of sp³-hybridized carbons (Fsp3) is 0.160. The first-order chi connectivity index (χ1) is 15.7. The maximum Gasteiger partial charge on any atom is 0.416 e. The minimum absolute atomic E-state index is 0.0118. The standard InChI is InChI=1S/C25H19F3N2O3/c1-2-22(31)17-12-10-16(11-13-17)15-29-21-9-4-3-8-20(21)23(32)30(24(29)33)19-7-5-6-18(14-19)25(26,27)28/h3-14H,2,15H2,1H3.